The number of hydrogen-bond acceptors (Lipinski definition) is 1. The van der Waals surface area contributed by atoms with Crippen LogP contribution in [-0.4, -0.2) is 5.11 Å². The Morgan fingerprint density at radius 3 is 2.27 bits per heavy atom. The third kappa shape index (κ3) is 1.59. The Morgan fingerprint density at radius 2 is 1.55 bits per heavy atom. The Kier molecular flexibility index (Phi) is 2.67. The molecule has 0 atom stereocenters. The predicted molar refractivity (Wildman–Crippen MR) is 95.9 cm³/mol. The Labute approximate surface area is 129 Å². The quantitative estimate of drug-likeness (QED) is 0.424. The molecule has 0 saturated heterocycles. The zero-order valence-corrected chi connectivity index (χ0v) is 13.1. The van der Waals surface area contributed by atoms with Crippen molar-refractivity contribution < 1.29 is 5.11 Å². The molecule has 22 heavy (non-hydrogen) atoms. The molecule has 0 unspecified atom stereocenters. The van der Waals surface area contributed by atoms with Gasteiger partial charge in [0.05, 0.1) is 0 Å². The van der Waals surface area contributed by atoms with E-state index in [4.69, 9.17) is 0 Å². The summed E-state index contributed by atoms with van der Waals surface area (Å²) in [6.07, 6.45) is 2.12. The van der Waals surface area contributed by atoms with Crippen LogP contribution in [0.2, 0.25) is 0 Å². The van der Waals surface area contributed by atoms with Crippen LogP contribution >= 0.6 is 0 Å². The Morgan fingerprint density at radius 1 is 0.909 bits per heavy atom. The number of aryl methyl sites for hydroxylation is 1. The molecular weight excluding hydrogens is 268 g/mol. The van der Waals surface area contributed by atoms with Gasteiger partial charge in [-0.1, -0.05) is 42.5 Å². The van der Waals surface area contributed by atoms with Crippen molar-refractivity contribution in [1.82, 2.24) is 0 Å². The Bertz CT molecular complexity index is 1050. The van der Waals surface area contributed by atoms with E-state index >= 15 is 0 Å². The highest BCUT2D eigenvalue weighted by atomic mass is 16.3. The zero-order valence-electron chi connectivity index (χ0n) is 13.1. The van der Waals surface area contributed by atoms with Crippen LogP contribution in [0, 0.1) is 6.92 Å². The molecule has 1 heteroatoms. The first-order valence-electron chi connectivity index (χ1n) is 7.65. The maximum absolute atomic E-state index is 10.6. The molecule has 4 rings (SSSR count). The van der Waals surface area contributed by atoms with E-state index in [-0.39, 0.29) is 0 Å². The lowest BCUT2D eigenvalue weighted by Crippen LogP contribution is -1.90. The van der Waals surface area contributed by atoms with Crippen LogP contribution in [-0.2, 0) is 0 Å². The lowest BCUT2D eigenvalue weighted by atomic mass is 9.88. The van der Waals surface area contributed by atoms with Crippen molar-refractivity contribution in [2.75, 3.05) is 0 Å². The second kappa shape index (κ2) is 4.48. The third-order valence-electron chi connectivity index (χ3n) is 4.81. The fraction of sp³-hybridized carbons (Fsp3) is 0.143. The van der Waals surface area contributed by atoms with Gasteiger partial charge < -0.3 is 5.11 Å². The molecule has 0 spiro atoms. The van der Waals surface area contributed by atoms with Gasteiger partial charge in [0.1, 0.15) is 5.75 Å². The minimum Gasteiger partial charge on any atom is -0.507 e. The van der Waals surface area contributed by atoms with Gasteiger partial charge in [-0.2, -0.15) is 0 Å². The topological polar surface area (TPSA) is 20.2 Å². The number of rotatable bonds is 1. The van der Waals surface area contributed by atoms with Crippen LogP contribution in [0.1, 0.15) is 25.0 Å². The minimum atomic E-state index is 0.374. The molecule has 0 radical (unpaired) electrons. The Balaban J connectivity index is 2.37. The molecule has 108 valence electrons. The first-order valence-corrected chi connectivity index (χ1v) is 7.65. The van der Waals surface area contributed by atoms with Crippen LogP contribution in [0.3, 0.4) is 0 Å². The predicted octanol–water partition coefficient (Wildman–Crippen LogP) is 6.02. The first-order chi connectivity index (χ1) is 10.6. The minimum absolute atomic E-state index is 0.374. The maximum Gasteiger partial charge on any atom is 0.124 e. The number of benzene rings is 4. The van der Waals surface area contributed by atoms with Gasteiger partial charge in [0.25, 0.3) is 0 Å². The summed E-state index contributed by atoms with van der Waals surface area (Å²) in [4.78, 5) is 0. The van der Waals surface area contributed by atoms with Crippen molar-refractivity contribution in [3.05, 3.63) is 59.7 Å². The summed E-state index contributed by atoms with van der Waals surface area (Å²) in [7, 11) is 0. The van der Waals surface area contributed by atoms with Crippen molar-refractivity contribution in [1.29, 1.82) is 0 Å². The van der Waals surface area contributed by atoms with Gasteiger partial charge >= 0.3 is 0 Å². The molecule has 0 aliphatic rings. The average Bonchev–Trinajstić information content (AvgIpc) is 2.53. The van der Waals surface area contributed by atoms with Gasteiger partial charge in [-0.25, -0.2) is 0 Å². The monoisotopic (exact) mass is 286 g/mol. The van der Waals surface area contributed by atoms with E-state index in [1.165, 1.54) is 32.7 Å². The molecule has 0 amide bonds. The summed E-state index contributed by atoms with van der Waals surface area (Å²) in [5.74, 6) is 0.374. The molecule has 1 nitrogen and oxygen atoms in total. The Hall–Kier alpha value is -2.54. The van der Waals surface area contributed by atoms with E-state index in [9.17, 15) is 5.11 Å². The van der Waals surface area contributed by atoms with Crippen LogP contribution < -0.4 is 0 Å². The standard InChI is InChI=1S/C21H18O/c1-4-12(2)16-10-9-14-7-8-15-6-5-13(3)19-18(22)11-17(16)20(14)21(15)19/h4-11,22H,1-3H3/b12-4+. The third-order valence-corrected chi connectivity index (χ3v) is 4.81. The second-order valence-electron chi connectivity index (χ2n) is 6.05. The fourth-order valence-corrected chi connectivity index (χ4v) is 3.55. The summed E-state index contributed by atoms with van der Waals surface area (Å²) in [5, 5.41) is 17.6. The number of hydrogen-bond donors (Lipinski definition) is 1. The molecular formula is C21H18O. The van der Waals surface area contributed by atoms with E-state index in [0.29, 0.717) is 5.75 Å². The summed E-state index contributed by atoms with van der Waals surface area (Å²) >= 11 is 0. The molecule has 0 aromatic heterocycles. The fourth-order valence-electron chi connectivity index (χ4n) is 3.55. The van der Waals surface area contributed by atoms with Gasteiger partial charge in [-0.05, 0) is 65.1 Å². The highest BCUT2D eigenvalue weighted by molar-refractivity contribution is 6.26. The van der Waals surface area contributed by atoms with E-state index in [1.807, 2.05) is 6.07 Å². The van der Waals surface area contributed by atoms with E-state index < -0.39 is 0 Å². The van der Waals surface area contributed by atoms with Crippen LogP contribution in [0.25, 0.3) is 37.9 Å². The van der Waals surface area contributed by atoms with Crippen LogP contribution in [0.5, 0.6) is 5.75 Å². The molecule has 0 heterocycles. The number of allylic oxidation sites excluding steroid dienone is 2. The zero-order chi connectivity index (χ0) is 15.4. The summed E-state index contributed by atoms with van der Waals surface area (Å²) < 4.78 is 0. The lowest BCUT2D eigenvalue weighted by molar-refractivity contribution is 0.482. The largest absolute Gasteiger partial charge is 0.507 e. The van der Waals surface area contributed by atoms with E-state index in [1.54, 1.807) is 0 Å². The lowest BCUT2D eigenvalue weighted by Gasteiger charge is -2.16. The second-order valence-corrected chi connectivity index (χ2v) is 6.05. The highest BCUT2D eigenvalue weighted by Gasteiger charge is 2.15. The van der Waals surface area contributed by atoms with Gasteiger partial charge in [0.2, 0.25) is 0 Å². The van der Waals surface area contributed by atoms with Crippen molar-refractivity contribution >= 4 is 37.9 Å². The molecule has 0 bridgehead atoms. The molecule has 0 aliphatic heterocycles. The average molecular weight is 286 g/mol. The van der Waals surface area contributed by atoms with Gasteiger partial charge in [0, 0.05) is 10.8 Å². The van der Waals surface area contributed by atoms with Crippen molar-refractivity contribution in [3.63, 3.8) is 0 Å². The highest BCUT2D eigenvalue weighted by Crippen LogP contribution is 2.42. The van der Waals surface area contributed by atoms with E-state index in [2.05, 4.69) is 63.2 Å². The summed E-state index contributed by atoms with van der Waals surface area (Å²) in [6.45, 7) is 6.23. The number of phenols is 1. The molecule has 1 N–H and O–H groups in total. The molecule has 4 aromatic rings. The molecule has 0 saturated carbocycles. The first kappa shape index (κ1) is 13.1. The van der Waals surface area contributed by atoms with Gasteiger partial charge in [-0.3, -0.25) is 0 Å². The van der Waals surface area contributed by atoms with Crippen molar-refractivity contribution in [2.45, 2.75) is 20.8 Å². The summed E-state index contributed by atoms with van der Waals surface area (Å²) in [6, 6.07) is 14.8. The van der Waals surface area contributed by atoms with E-state index in [0.717, 1.165) is 16.3 Å². The van der Waals surface area contributed by atoms with Crippen molar-refractivity contribution in [3.8, 4) is 5.75 Å². The molecule has 0 aliphatic carbocycles. The number of aromatic hydroxyl groups is 1. The molecule has 0 fully saturated rings. The van der Waals surface area contributed by atoms with Gasteiger partial charge in [0.15, 0.2) is 0 Å². The maximum atomic E-state index is 10.6. The van der Waals surface area contributed by atoms with Gasteiger partial charge in [-0.15, -0.1) is 0 Å². The van der Waals surface area contributed by atoms with Crippen LogP contribution in [0.4, 0.5) is 0 Å². The smallest absolute Gasteiger partial charge is 0.124 e. The normalized spacial score (nSPS) is 12.8. The SMILES string of the molecule is C/C=C(\C)c1ccc2ccc3ccc(C)c4c(O)cc1c2c34. The molecule has 4 aromatic carbocycles. The van der Waals surface area contributed by atoms with Crippen LogP contribution in [0.15, 0.2) is 48.5 Å². The summed E-state index contributed by atoms with van der Waals surface area (Å²) in [5.41, 5.74) is 3.54. The number of phenolic OH excluding ortho intramolecular Hbond substituents is 1. The van der Waals surface area contributed by atoms with Crippen molar-refractivity contribution in [2.24, 2.45) is 0 Å².